The van der Waals surface area contributed by atoms with Crippen molar-refractivity contribution in [2.45, 2.75) is 11.8 Å². The predicted molar refractivity (Wildman–Crippen MR) is 95.0 cm³/mol. The van der Waals surface area contributed by atoms with E-state index in [0.29, 0.717) is 5.13 Å². The molecule has 0 bridgehead atoms. The van der Waals surface area contributed by atoms with E-state index in [2.05, 4.69) is 15.8 Å². The molecule has 2 N–H and O–H groups in total. The summed E-state index contributed by atoms with van der Waals surface area (Å²) in [5.74, 6) is -0.434. The lowest BCUT2D eigenvalue weighted by Crippen LogP contribution is -2.29. The molecule has 0 saturated carbocycles. The van der Waals surface area contributed by atoms with Crippen LogP contribution in [0, 0.1) is 6.92 Å². The van der Waals surface area contributed by atoms with Crippen LogP contribution < -0.4 is 10.9 Å². The number of fused-ring (bicyclic) bond motifs is 1. The number of para-hydroxylation sites is 1. The summed E-state index contributed by atoms with van der Waals surface area (Å²) in [7, 11) is -3.36. The van der Waals surface area contributed by atoms with Crippen LogP contribution >= 0.6 is 11.3 Å². The van der Waals surface area contributed by atoms with Crippen molar-refractivity contribution in [3.8, 4) is 0 Å². The Morgan fingerprint density at radius 3 is 2.62 bits per heavy atom. The number of nitrogens with zero attached hydrogens (tertiary/aromatic N) is 1. The average molecular weight is 361 g/mol. The molecule has 1 aromatic heterocycles. The van der Waals surface area contributed by atoms with Gasteiger partial charge in [0.1, 0.15) is 0 Å². The van der Waals surface area contributed by atoms with Crippen molar-refractivity contribution >= 4 is 42.4 Å². The molecule has 3 rings (SSSR count). The third-order valence-corrected chi connectivity index (χ3v) is 5.47. The van der Waals surface area contributed by atoms with Crippen LogP contribution in [0.15, 0.2) is 47.4 Å². The normalized spacial score (nSPS) is 11.4. The Labute approximate surface area is 143 Å². The number of hydrogen-bond donors (Lipinski definition) is 2. The summed E-state index contributed by atoms with van der Waals surface area (Å²) in [6, 6.07) is 11.8. The van der Waals surface area contributed by atoms with Gasteiger partial charge < -0.3 is 0 Å². The first-order valence-corrected chi connectivity index (χ1v) is 9.78. The molecule has 3 aromatic rings. The number of rotatable bonds is 4. The van der Waals surface area contributed by atoms with Crippen molar-refractivity contribution in [1.82, 2.24) is 10.4 Å². The van der Waals surface area contributed by atoms with Gasteiger partial charge in [0.05, 0.1) is 15.1 Å². The Hall–Kier alpha value is -2.45. The molecule has 0 saturated heterocycles. The molecule has 1 heterocycles. The van der Waals surface area contributed by atoms with E-state index in [0.717, 1.165) is 22.0 Å². The molecule has 1 amide bonds. The van der Waals surface area contributed by atoms with Gasteiger partial charge in [-0.2, -0.15) is 0 Å². The summed E-state index contributed by atoms with van der Waals surface area (Å²) in [5.41, 5.74) is 7.51. The van der Waals surface area contributed by atoms with Gasteiger partial charge >= 0.3 is 0 Å². The van der Waals surface area contributed by atoms with Crippen LogP contribution in [0.1, 0.15) is 15.9 Å². The van der Waals surface area contributed by atoms with Gasteiger partial charge in [-0.3, -0.25) is 15.6 Å². The molecule has 0 aliphatic carbocycles. The van der Waals surface area contributed by atoms with Crippen molar-refractivity contribution in [3.63, 3.8) is 0 Å². The summed E-state index contributed by atoms with van der Waals surface area (Å²) in [5, 5.41) is 0.562. The van der Waals surface area contributed by atoms with Gasteiger partial charge in [-0.15, -0.1) is 0 Å². The molecule has 0 atom stereocenters. The van der Waals surface area contributed by atoms with Gasteiger partial charge in [0.15, 0.2) is 9.84 Å². The maximum absolute atomic E-state index is 12.2. The topological polar surface area (TPSA) is 88.2 Å². The fourth-order valence-electron chi connectivity index (χ4n) is 2.19. The van der Waals surface area contributed by atoms with E-state index >= 15 is 0 Å². The molecule has 0 fully saturated rings. The Kier molecular flexibility index (Phi) is 4.25. The molecule has 6 nitrogen and oxygen atoms in total. The predicted octanol–water partition coefficient (Wildman–Crippen LogP) is 2.77. The minimum absolute atomic E-state index is 0.103. The van der Waals surface area contributed by atoms with E-state index < -0.39 is 15.7 Å². The van der Waals surface area contributed by atoms with Crippen LogP contribution in [0.3, 0.4) is 0 Å². The molecular weight excluding hydrogens is 346 g/mol. The molecule has 124 valence electrons. The Morgan fingerprint density at radius 2 is 1.92 bits per heavy atom. The lowest BCUT2D eigenvalue weighted by Gasteiger charge is -2.06. The number of hydrogen-bond acceptors (Lipinski definition) is 6. The maximum atomic E-state index is 12.2. The summed E-state index contributed by atoms with van der Waals surface area (Å²) in [6.45, 7) is 1.97. The monoisotopic (exact) mass is 361 g/mol. The molecule has 24 heavy (non-hydrogen) atoms. The van der Waals surface area contributed by atoms with Gasteiger partial charge in [-0.1, -0.05) is 29.5 Å². The van der Waals surface area contributed by atoms with Gasteiger partial charge in [-0.05, 0) is 36.8 Å². The number of aromatic nitrogens is 1. The van der Waals surface area contributed by atoms with Crippen molar-refractivity contribution in [1.29, 1.82) is 0 Å². The van der Waals surface area contributed by atoms with Crippen LogP contribution in [0.2, 0.25) is 0 Å². The summed E-state index contributed by atoms with van der Waals surface area (Å²) in [4.78, 5) is 16.7. The third-order valence-electron chi connectivity index (χ3n) is 3.43. The highest BCUT2D eigenvalue weighted by Crippen LogP contribution is 2.27. The average Bonchev–Trinajstić information content (AvgIpc) is 2.96. The number of anilines is 1. The number of carbonyl (C=O) groups is 1. The summed E-state index contributed by atoms with van der Waals surface area (Å²) >= 11 is 1.42. The third kappa shape index (κ3) is 3.39. The number of sulfone groups is 1. The lowest BCUT2D eigenvalue weighted by atomic mass is 10.2. The first kappa shape index (κ1) is 16.4. The van der Waals surface area contributed by atoms with E-state index in [9.17, 15) is 13.2 Å². The standard InChI is InChI=1S/C16H15N3O3S2/c1-10-5-3-8-13-14(10)17-16(23-13)19-18-15(20)11-6-4-7-12(9-11)24(2,21)22/h3-9H,1-2H3,(H,17,19)(H,18,20). The van der Waals surface area contributed by atoms with E-state index in [1.54, 1.807) is 6.07 Å². The molecule has 0 aliphatic heterocycles. The SMILES string of the molecule is Cc1cccc2sc(NNC(=O)c3cccc(S(C)(=O)=O)c3)nc12. The number of aryl methyl sites for hydroxylation is 1. The highest BCUT2D eigenvalue weighted by Gasteiger charge is 2.12. The zero-order chi connectivity index (χ0) is 17.3. The largest absolute Gasteiger partial charge is 0.273 e. The smallest absolute Gasteiger partial charge is 0.269 e. The Balaban J connectivity index is 1.76. The first-order chi connectivity index (χ1) is 11.3. The number of carbonyl (C=O) groups excluding carboxylic acids is 1. The fourth-order valence-corrected chi connectivity index (χ4v) is 3.75. The van der Waals surface area contributed by atoms with Crippen LogP contribution in [0.4, 0.5) is 5.13 Å². The minimum atomic E-state index is -3.36. The van der Waals surface area contributed by atoms with Crippen molar-refractivity contribution in [2.75, 3.05) is 11.7 Å². The Bertz CT molecular complexity index is 1030. The first-order valence-electron chi connectivity index (χ1n) is 7.07. The van der Waals surface area contributed by atoms with Gasteiger partial charge in [0.2, 0.25) is 5.13 Å². The number of nitrogens with one attached hydrogen (secondary N) is 2. The van der Waals surface area contributed by atoms with Gasteiger partial charge in [-0.25, -0.2) is 13.4 Å². The number of amides is 1. The summed E-state index contributed by atoms with van der Waals surface area (Å²) in [6.07, 6.45) is 1.10. The highest BCUT2D eigenvalue weighted by atomic mass is 32.2. The zero-order valence-electron chi connectivity index (χ0n) is 13.0. The van der Waals surface area contributed by atoms with Crippen LogP contribution in [-0.4, -0.2) is 25.6 Å². The van der Waals surface area contributed by atoms with Crippen LogP contribution in [0.5, 0.6) is 0 Å². The van der Waals surface area contributed by atoms with Gasteiger partial charge in [0, 0.05) is 11.8 Å². The molecule has 2 aromatic carbocycles. The molecule has 0 spiro atoms. The van der Waals surface area contributed by atoms with Crippen molar-refractivity contribution in [3.05, 3.63) is 53.6 Å². The highest BCUT2D eigenvalue weighted by molar-refractivity contribution is 7.90. The van der Waals surface area contributed by atoms with E-state index in [1.807, 2.05) is 25.1 Å². The summed E-state index contributed by atoms with van der Waals surface area (Å²) < 4.78 is 24.1. The molecule has 0 aliphatic rings. The van der Waals surface area contributed by atoms with E-state index in [4.69, 9.17) is 0 Å². The van der Waals surface area contributed by atoms with E-state index in [-0.39, 0.29) is 10.5 Å². The van der Waals surface area contributed by atoms with Crippen LogP contribution in [0.25, 0.3) is 10.2 Å². The number of thiazole rings is 1. The second kappa shape index (κ2) is 6.21. The molecule has 0 unspecified atom stereocenters. The zero-order valence-corrected chi connectivity index (χ0v) is 14.7. The Morgan fingerprint density at radius 1 is 1.17 bits per heavy atom. The second-order valence-electron chi connectivity index (χ2n) is 5.32. The quantitative estimate of drug-likeness (QED) is 0.698. The fraction of sp³-hybridized carbons (Fsp3) is 0.125. The van der Waals surface area contributed by atoms with Gasteiger partial charge in [0.25, 0.3) is 5.91 Å². The number of benzene rings is 2. The second-order valence-corrected chi connectivity index (χ2v) is 8.37. The van der Waals surface area contributed by atoms with Crippen LogP contribution in [-0.2, 0) is 9.84 Å². The number of hydrazine groups is 1. The molecule has 0 radical (unpaired) electrons. The minimum Gasteiger partial charge on any atom is -0.273 e. The van der Waals surface area contributed by atoms with Crippen molar-refractivity contribution in [2.24, 2.45) is 0 Å². The maximum Gasteiger partial charge on any atom is 0.269 e. The van der Waals surface area contributed by atoms with E-state index in [1.165, 1.54) is 29.5 Å². The lowest BCUT2D eigenvalue weighted by molar-refractivity contribution is 0.0962. The molecule has 8 heteroatoms. The molecular formula is C16H15N3O3S2. The van der Waals surface area contributed by atoms with Crippen molar-refractivity contribution < 1.29 is 13.2 Å².